The smallest absolute Gasteiger partial charge is 0.0350 e. The predicted octanol–water partition coefficient (Wildman–Crippen LogP) is 3.92. The van der Waals surface area contributed by atoms with Crippen LogP contribution in [-0.4, -0.2) is 6.04 Å². The molecule has 0 radical (unpaired) electrons. The van der Waals surface area contributed by atoms with Crippen molar-refractivity contribution >= 4 is 0 Å². The van der Waals surface area contributed by atoms with Crippen LogP contribution >= 0.6 is 0 Å². The molecule has 1 nitrogen and oxygen atoms in total. The van der Waals surface area contributed by atoms with Crippen LogP contribution < -0.4 is 5.32 Å². The highest BCUT2D eigenvalue weighted by Gasteiger charge is 2.28. The highest BCUT2D eigenvalue weighted by Crippen LogP contribution is 2.37. The van der Waals surface area contributed by atoms with E-state index < -0.39 is 0 Å². The molecule has 2 rings (SSSR count). The van der Waals surface area contributed by atoms with Crippen LogP contribution in [0.1, 0.15) is 51.1 Å². The summed E-state index contributed by atoms with van der Waals surface area (Å²) in [7, 11) is 0. The first-order valence-electron chi connectivity index (χ1n) is 6.62. The van der Waals surface area contributed by atoms with Gasteiger partial charge < -0.3 is 5.32 Å². The summed E-state index contributed by atoms with van der Waals surface area (Å²) in [6.45, 7) is 4.54. The minimum Gasteiger partial charge on any atom is -0.307 e. The lowest BCUT2D eigenvalue weighted by Gasteiger charge is -2.36. The number of rotatable bonds is 5. The monoisotopic (exact) mass is 217 g/mol. The minimum atomic E-state index is 0.574. The summed E-state index contributed by atoms with van der Waals surface area (Å²) in [6, 6.07) is 12.1. The molecule has 1 aromatic carbocycles. The van der Waals surface area contributed by atoms with Gasteiger partial charge in [-0.2, -0.15) is 0 Å². The molecule has 1 N–H and O–H groups in total. The second-order valence-electron chi connectivity index (χ2n) is 5.06. The molecule has 0 bridgehead atoms. The lowest BCUT2D eigenvalue weighted by molar-refractivity contribution is 0.217. The van der Waals surface area contributed by atoms with E-state index in [4.69, 9.17) is 0 Å². The molecule has 0 heterocycles. The van der Waals surface area contributed by atoms with Crippen molar-refractivity contribution in [1.29, 1.82) is 0 Å². The van der Waals surface area contributed by atoms with Crippen LogP contribution in [0.25, 0.3) is 0 Å². The fourth-order valence-electron chi connectivity index (χ4n) is 2.36. The fraction of sp³-hybridized carbons (Fsp3) is 0.600. The summed E-state index contributed by atoms with van der Waals surface area (Å²) in [5, 5.41) is 3.78. The highest BCUT2D eigenvalue weighted by atomic mass is 15.0. The third kappa shape index (κ3) is 2.65. The fourth-order valence-corrected chi connectivity index (χ4v) is 2.36. The summed E-state index contributed by atoms with van der Waals surface area (Å²) in [5.41, 5.74) is 1.47. The molecule has 2 unspecified atom stereocenters. The Hall–Kier alpha value is -0.820. The van der Waals surface area contributed by atoms with Gasteiger partial charge >= 0.3 is 0 Å². The number of nitrogens with one attached hydrogen (secondary N) is 1. The lowest BCUT2D eigenvalue weighted by Crippen LogP contribution is -2.37. The first kappa shape index (κ1) is 11.7. The average molecular weight is 217 g/mol. The Kier molecular flexibility index (Phi) is 4.00. The molecule has 1 aliphatic rings. The third-order valence-corrected chi connectivity index (χ3v) is 3.86. The van der Waals surface area contributed by atoms with Crippen molar-refractivity contribution < 1.29 is 0 Å². The van der Waals surface area contributed by atoms with Gasteiger partial charge in [-0.05, 0) is 37.7 Å². The Morgan fingerprint density at radius 3 is 2.44 bits per heavy atom. The molecule has 1 fully saturated rings. The van der Waals surface area contributed by atoms with E-state index in [2.05, 4.69) is 49.5 Å². The van der Waals surface area contributed by atoms with E-state index in [0.29, 0.717) is 12.1 Å². The molecule has 88 valence electrons. The summed E-state index contributed by atoms with van der Waals surface area (Å²) in [6.07, 6.45) is 5.40. The van der Waals surface area contributed by atoms with Crippen LogP contribution in [0.3, 0.4) is 0 Å². The highest BCUT2D eigenvalue weighted by molar-refractivity contribution is 5.20. The normalized spacial score (nSPS) is 20.1. The van der Waals surface area contributed by atoms with Crippen molar-refractivity contribution in [3.63, 3.8) is 0 Å². The average Bonchev–Trinajstić information content (AvgIpc) is 2.27. The Labute approximate surface area is 99.3 Å². The first-order chi connectivity index (χ1) is 7.81. The first-order valence-corrected chi connectivity index (χ1v) is 6.62. The summed E-state index contributed by atoms with van der Waals surface area (Å²) in [4.78, 5) is 0. The maximum absolute atomic E-state index is 3.78. The number of benzene rings is 1. The second-order valence-corrected chi connectivity index (χ2v) is 5.06. The Morgan fingerprint density at radius 2 is 1.94 bits per heavy atom. The molecule has 0 spiro atoms. The van der Waals surface area contributed by atoms with Crippen LogP contribution in [0.4, 0.5) is 0 Å². The molecule has 0 aromatic heterocycles. The summed E-state index contributed by atoms with van der Waals surface area (Å²) >= 11 is 0. The van der Waals surface area contributed by atoms with E-state index in [0.717, 1.165) is 5.92 Å². The molecule has 1 saturated carbocycles. The van der Waals surface area contributed by atoms with Gasteiger partial charge in [-0.15, -0.1) is 0 Å². The maximum atomic E-state index is 3.78. The van der Waals surface area contributed by atoms with E-state index in [1.165, 1.54) is 31.2 Å². The summed E-state index contributed by atoms with van der Waals surface area (Å²) in [5.74, 6) is 0.858. The SMILES string of the molecule is CCC(C)NC(c1ccccc1)C1CCC1. The van der Waals surface area contributed by atoms with Crippen LogP contribution in [0, 0.1) is 5.92 Å². The molecule has 0 aliphatic heterocycles. The second kappa shape index (κ2) is 5.49. The molecule has 0 saturated heterocycles. The van der Waals surface area contributed by atoms with E-state index in [1.807, 2.05) is 0 Å². The molecule has 2 atom stereocenters. The van der Waals surface area contributed by atoms with Gasteiger partial charge in [0, 0.05) is 12.1 Å². The van der Waals surface area contributed by atoms with Crippen molar-refractivity contribution in [3.8, 4) is 0 Å². The molecule has 16 heavy (non-hydrogen) atoms. The molecule has 1 heteroatoms. The van der Waals surface area contributed by atoms with Crippen molar-refractivity contribution in [2.45, 2.75) is 51.6 Å². The zero-order chi connectivity index (χ0) is 11.4. The maximum Gasteiger partial charge on any atom is 0.0350 e. The van der Waals surface area contributed by atoms with E-state index in [9.17, 15) is 0 Å². The Bertz CT molecular complexity index is 302. The van der Waals surface area contributed by atoms with E-state index >= 15 is 0 Å². The Morgan fingerprint density at radius 1 is 1.25 bits per heavy atom. The quantitative estimate of drug-likeness (QED) is 0.788. The molecule has 0 amide bonds. The summed E-state index contributed by atoms with van der Waals surface area (Å²) < 4.78 is 0. The van der Waals surface area contributed by atoms with Crippen LogP contribution in [-0.2, 0) is 0 Å². The van der Waals surface area contributed by atoms with Crippen molar-refractivity contribution in [1.82, 2.24) is 5.32 Å². The van der Waals surface area contributed by atoms with Crippen molar-refractivity contribution in [2.75, 3.05) is 0 Å². The zero-order valence-electron chi connectivity index (χ0n) is 10.4. The van der Waals surface area contributed by atoms with Crippen LogP contribution in [0.5, 0.6) is 0 Å². The van der Waals surface area contributed by atoms with Gasteiger partial charge in [0.25, 0.3) is 0 Å². The van der Waals surface area contributed by atoms with Gasteiger partial charge in [-0.3, -0.25) is 0 Å². The van der Waals surface area contributed by atoms with E-state index in [-0.39, 0.29) is 0 Å². The van der Waals surface area contributed by atoms with Gasteiger partial charge in [0.2, 0.25) is 0 Å². The number of hydrogen-bond acceptors (Lipinski definition) is 1. The predicted molar refractivity (Wildman–Crippen MR) is 69.4 cm³/mol. The van der Waals surface area contributed by atoms with Gasteiger partial charge in [-0.25, -0.2) is 0 Å². The van der Waals surface area contributed by atoms with Crippen LogP contribution in [0.2, 0.25) is 0 Å². The van der Waals surface area contributed by atoms with Crippen molar-refractivity contribution in [2.24, 2.45) is 5.92 Å². The van der Waals surface area contributed by atoms with Crippen molar-refractivity contribution in [3.05, 3.63) is 35.9 Å². The number of hydrogen-bond donors (Lipinski definition) is 1. The topological polar surface area (TPSA) is 12.0 Å². The van der Waals surface area contributed by atoms with Gasteiger partial charge in [0.05, 0.1) is 0 Å². The lowest BCUT2D eigenvalue weighted by atomic mass is 9.77. The standard InChI is InChI=1S/C15H23N/c1-3-12(2)16-15(14-10-7-11-14)13-8-5-4-6-9-13/h4-6,8-9,12,14-16H,3,7,10-11H2,1-2H3. The third-order valence-electron chi connectivity index (χ3n) is 3.86. The molecule has 1 aliphatic carbocycles. The minimum absolute atomic E-state index is 0.574. The molecular formula is C15H23N. The van der Waals surface area contributed by atoms with E-state index in [1.54, 1.807) is 0 Å². The molecular weight excluding hydrogens is 194 g/mol. The van der Waals surface area contributed by atoms with Gasteiger partial charge in [-0.1, -0.05) is 43.7 Å². The Balaban J connectivity index is 2.08. The van der Waals surface area contributed by atoms with Crippen LogP contribution in [0.15, 0.2) is 30.3 Å². The molecule has 1 aromatic rings. The largest absolute Gasteiger partial charge is 0.307 e. The zero-order valence-corrected chi connectivity index (χ0v) is 10.4. The van der Waals surface area contributed by atoms with Gasteiger partial charge in [0.15, 0.2) is 0 Å². The van der Waals surface area contributed by atoms with Gasteiger partial charge in [0.1, 0.15) is 0 Å².